The van der Waals surface area contributed by atoms with Gasteiger partial charge < -0.3 is 10.1 Å². The van der Waals surface area contributed by atoms with Crippen LogP contribution in [-0.2, 0) is 4.74 Å². The van der Waals surface area contributed by atoms with Crippen molar-refractivity contribution in [3.05, 3.63) is 30.1 Å². The minimum absolute atomic E-state index is 0.599. The van der Waals surface area contributed by atoms with Crippen molar-refractivity contribution in [2.45, 2.75) is 19.8 Å². The van der Waals surface area contributed by atoms with E-state index in [4.69, 9.17) is 4.74 Å². The van der Waals surface area contributed by atoms with E-state index in [0.29, 0.717) is 5.92 Å². The maximum atomic E-state index is 5.50. The summed E-state index contributed by atoms with van der Waals surface area (Å²) in [6.45, 7) is 4.76. The van der Waals surface area contributed by atoms with Gasteiger partial charge in [-0.15, -0.1) is 5.10 Å². The van der Waals surface area contributed by atoms with Gasteiger partial charge in [0.1, 0.15) is 6.33 Å². The van der Waals surface area contributed by atoms with Crippen LogP contribution < -0.4 is 5.32 Å². The highest BCUT2D eigenvalue weighted by Crippen LogP contribution is 2.20. The standard InChI is InChI=1S/C14H19N5O/c1-11-4-5-13(7-14(11)19-10-16-17-18-19)15-8-12-3-2-6-20-9-12/h4-5,7,10,12,15H,2-3,6,8-9H2,1H3. The summed E-state index contributed by atoms with van der Waals surface area (Å²) in [4.78, 5) is 0. The molecular weight excluding hydrogens is 254 g/mol. The third-order valence-corrected chi connectivity index (χ3v) is 3.65. The Labute approximate surface area is 118 Å². The van der Waals surface area contributed by atoms with Gasteiger partial charge in [0.15, 0.2) is 0 Å². The Balaban J connectivity index is 1.69. The maximum Gasteiger partial charge on any atom is 0.143 e. The van der Waals surface area contributed by atoms with E-state index in [1.807, 2.05) is 0 Å². The summed E-state index contributed by atoms with van der Waals surface area (Å²) in [7, 11) is 0. The van der Waals surface area contributed by atoms with E-state index in [1.54, 1.807) is 11.0 Å². The van der Waals surface area contributed by atoms with E-state index in [1.165, 1.54) is 6.42 Å². The second kappa shape index (κ2) is 6.00. The van der Waals surface area contributed by atoms with Crippen LogP contribution in [0.1, 0.15) is 18.4 Å². The molecule has 0 amide bonds. The lowest BCUT2D eigenvalue weighted by Gasteiger charge is -2.22. The van der Waals surface area contributed by atoms with Crippen LogP contribution >= 0.6 is 0 Å². The Hall–Kier alpha value is -1.95. The van der Waals surface area contributed by atoms with Crippen LogP contribution in [0.4, 0.5) is 5.69 Å². The van der Waals surface area contributed by atoms with Crippen molar-refractivity contribution in [1.82, 2.24) is 20.2 Å². The van der Waals surface area contributed by atoms with Gasteiger partial charge in [-0.25, -0.2) is 4.68 Å². The first-order chi connectivity index (χ1) is 9.83. The van der Waals surface area contributed by atoms with Gasteiger partial charge in [-0.2, -0.15) is 0 Å². The van der Waals surface area contributed by atoms with Gasteiger partial charge in [-0.1, -0.05) is 6.07 Å². The largest absolute Gasteiger partial charge is 0.385 e. The first-order valence-electron chi connectivity index (χ1n) is 6.98. The number of hydrogen-bond donors (Lipinski definition) is 1. The first-order valence-corrected chi connectivity index (χ1v) is 6.98. The molecular formula is C14H19N5O. The van der Waals surface area contributed by atoms with E-state index in [2.05, 4.69) is 46.0 Å². The lowest BCUT2D eigenvalue weighted by Crippen LogP contribution is -2.24. The Morgan fingerprint density at radius 3 is 3.15 bits per heavy atom. The number of rotatable bonds is 4. The monoisotopic (exact) mass is 273 g/mol. The highest BCUT2D eigenvalue weighted by molar-refractivity contribution is 5.54. The minimum atomic E-state index is 0.599. The molecule has 1 atom stereocenters. The number of anilines is 1. The Kier molecular flexibility index (Phi) is 3.92. The average molecular weight is 273 g/mol. The molecule has 0 bridgehead atoms. The lowest BCUT2D eigenvalue weighted by atomic mass is 10.0. The Morgan fingerprint density at radius 2 is 2.40 bits per heavy atom. The van der Waals surface area contributed by atoms with E-state index in [-0.39, 0.29) is 0 Å². The number of ether oxygens (including phenoxy) is 1. The topological polar surface area (TPSA) is 64.9 Å². The summed E-state index contributed by atoms with van der Waals surface area (Å²) in [6, 6.07) is 6.25. The zero-order valence-electron chi connectivity index (χ0n) is 11.6. The fraction of sp³-hybridized carbons (Fsp3) is 0.500. The van der Waals surface area contributed by atoms with Crippen LogP contribution in [0, 0.1) is 12.8 Å². The molecule has 1 aromatic carbocycles. The molecule has 1 aliphatic rings. The molecule has 2 aromatic rings. The third-order valence-electron chi connectivity index (χ3n) is 3.65. The molecule has 1 unspecified atom stereocenters. The van der Waals surface area contributed by atoms with E-state index in [9.17, 15) is 0 Å². The summed E-state index contributed by atoms with van der Waals surface area (Å²) >= 11 is 0. The normalized spacial score (nSPS) is 18.9. The molecule has 2 heterocycles. The SMILES string of the molecule is Cc1ccc(NCC2CCCOC2)cc1-n1cnnn1. The lowest BCUT2D eigenvalue weighted by molar-refractivity contribution is 0.0595. The molecule has 3 rings (SSSR count). The summed E-state index contributed by atoms with van der Waals surface area (Å²) in [5.74, 6) is 0.599. The fourth-order valence-electron chi connectivity index (χ4n) is 2.47. The number of aryl methyl sites for hydroxylation is 1. The number of nitrogens with zero attached hydrogens (tertiary/aromatic N) is 4. The molecule has 1 fully saturated rings. The summed E-state index contributed by atoms with van der Waals surface area (Å²) in [5.41, 5.74) is 3.23. The Morgan fingerprint density at radius 1 is 1.45 bits per heavy atom. The number of hydrogen-bond acceptors (Lipinski definition) is 5. The minimum Gasteiger partial charge on any atom is -0.385 e. The van der Waals surface area contributed by atoms with E-state index < -0.39 is 0 Å². The molecule has 106 valence electrons. The zero-order chi connectivity index (χ0) is 13.8. The zero-order valence-corrected chi connectivity index (χ0v) is 11.6. The second-order valence-electron chi connectivity index (χ2n) is 5.22. The molecule has 6 nitrogen and oxygen atoms in total. The maximum absolute atomic E-state index is 5.50. The Bertz CT molecular complexity index is 549. The third kappa shape index (κ3) is 2.96. The molecule has 6 heteroatoms. The van der Waals surface area contributed by atoms with Gasteiger partial charge >= 0.3 is 0 Å². The molecule has 0 spiro atoms. The van der Waals surface area contributed by atoms with Crippen molar-refractivity contribution in [3.8, 4) is 5.69 Å². The molecule has 20 heavy (non-hydrogen) atoms. The quantitative estimate of drug-likeness (QED) is 0.920. The second-order valence-corrected chi connectivity index (χ2v) is 5.22. The van der Waals surface area contributed by atoms with Gasteiger partial charge in [0.05, 0.1) is 12.3 Å². The predicted molar refractivity (Wildman–Crippen MR) is 75.9 cm³/mol. The highest BCUT2D eigenvalue weighted by Gasteiger charge is 2.13. The molecule has 0 aliphatic carbocycles. The first kappa shape index (κ1) is 13.1. The van der Waals surface area contributed by atoms with Gasteiger partial charge in [-0.3, -0.25) is 0 Å². The van der Waals surface area contributed by atoms with Crippen molar-refractivity contribution in [2.24, 2.45) is 5.92 Å². The van der Waals surface area contributed by atoms with Crippen LogP contribution in [-0.4, -0.2) is 40.0 Å². The number of benzene rings is 1. The van der Waals surface area contributed by atoms with Crippen LogP contribution in [0.3, 0.4) is 0 Å². The fourth-order valence-corrected chi connectivity index (χ4v) is 2.47. The van der Waals surface area contributed by atoms with Crippen molar-refractivity contribution in [1.29, 1.82) is 0 Å². The molecule has 0 radical (unpaired) electrons. The van der Waals surface area contributed by atoms with Crippen LogP contribution in [0.5, 0.6) is 0 Å². The summed E-state index contributed by atoms with van der Waals surface area (Å²) < 4.78 is 7.19. The van der Waals surface area contributed by atoms with Crippen LogP contribution in [0.2, 0.25) is 0 Å². The van der Waals surface area contributed by atoms with E-state index >= 15 is 0 Å². The van der Waals surface area contributed by atoms with Gasteiger partial charge in [0, 0.05) is 18.8 Å². The van der Waals surface area contributed by atoms with Crippen LogP contribution in [0.15, 0.2) is 24.5 Å². The number of aromatic nitrogens is 4. The van der Waals surface area contributed by atoms with Crippen molar-refractivity contribution in [3.63, 3.8) is 0 Å². The van der Waals surface area contributed by atoms with Gasteiger partial charge in [0.2, 0.25) is 0 Å². The van der Waals surface area contributed by atoms with Crippen molar-refractivity contribution in [2.75, 3.05) is 25.1 Å². The van der Waals surface area contributed by atoms with Gasteiger partial charge in [0.25, 0.3) is 0 Å². The van der Waals surface area contributed by atoms with Crippen molar-refractivity contribution >= 4 is 5.69 Å². The summed E-state index contributed by atoms with van der Waals surface area (Å²) in [5, 5.41) is 14.8. The van der Waals surface area contributed by atoms with Crippen LogP contribution in [0.25, 0.3) is 5.69 Å². The van der Waals surface area contributed by atoms with Gasteiger partial charge in [-0.05, 0) is 53.8 Å². The average Bonchev–Trinajstić information content (AvgIpc) is 3.01. The number of nitrogens with one attached hydrogen (secondary N) is 1. The van der Waals surface area contributed by atoms with Crippen molar-refractivity contribution < 1.29 is 4.74 Å². The predicted octanol–water partition coefficient (Wildman–Crippen LogP) is 1.81. The summed E-state index contributed by atoms with van der Waals surface area (Å²) in [6.07, 6.45) is 4.01. The molecule has 1 N–H and O–H groups in total. The molecule has 1 saturated heterocycles. The smallest absolute Gasteiger partial charge is 0.143 e. The molecule has 0 saturated carbocycles. The van der Waals surface area contributed by atoms with E-state index in [0.717, 1.165) is 43.1 Å². The molecule has 1 aliphatic heterocycles. The number of tetrazole rings is 1. The highest BCUT2D eigenvalue weighted by atomic mass is 16.5. The molecule has 1 aromatic heterocycles.